The Morgan fingerprint density at radius 1 is 1.05 bits per heavy atom. The maximum Gasteiger partial charge on any atom is 0.161 e. The molecule has 0 aromatic heterocycles. The van der Waals surface area contributed by atoms with E-state index >= 15 is 0 Å². The van der Waals surface area contributed by atoms with Crippen molar-refractivity contribution in [3.05, 3.63) is 59.2 Å². The average molecular weight is 284 g/mol. The zero-order valence-electron chi connectivity index (χ0n) is 12.2. The van der Waals surface area contributed by atoms with Gasteiger partial charge in [0.25, 0.3) is 0 Å². The molecule has 1 aliphatic heterocycles. The van der Waals surface area contributed by atoms with E-state index in [1.165, 1.54) is 11.1 Å². The van der Waals surface area contributed by atoms with Crippen molar-refractivity contribution >= 4 is 0 Å². The Morgan fingerprint density at radius 3 is 2.57 bits per heavy atom. The Kier molecular flexibility index (Phi) is 4.11. The molecular weight excluding hydrogens is 264 g/mol. The summed E-state index contributed by atoms with van der Waals surface area (Å²) in [6.07, 6.45) is 0.790. The lowest BCUT2D eigenvalue weighted by molar-refractivity contribution is 0.171. The fraction of sp³-hybridized carbons (Fsp3) is 0.333. The van der Waals surface area contributed by atoms with Crippen molar-refractivity contribution in [2.75, 3.05) is 19.8 Å². The number of aliphatic hydroxyl groups is 1. The van der Waals surface area contributed by atoms with Gasteiger partial charge in [-0.15, -0.1) is 0 Å². The largest absolute Gasteiger partial charge is 0.486 e. The smallest absolute Gasteiger partial charge is 0.161 e. The number of aliphatic hydroxyl groups excluding tert-OH is 1. The van der Waals surface area contributed by atoms with Crippen molar-refractivity contribution in [1.29, 1.82) is 0 Å². The molecule has 21 heavy (non-hydrogen) atoms. The predicted octanol–water partition coefficient (Wildman–Crippen LogP) is 3.08. The molecule has 0 amide bonds. The van der Waals surface area contributed by atoms with Crippen LogP contribution in [0.15, 0.2) is 42.5 Å². The Bertz CT molecular complexity index is 622. The van der Waals surface area contributed by atoms with E-state index in [0.29, 0.717) is 13.2 Å². The SMILES string of the molecule is Cc1ccccc1C(CO)Cc1ccc2c(c1)OCCO2. The Hall–Kier alpha value is -2.00. The minimum atomic E-state index is 0.105. The van der Waals surface area contributed by atoms with E-state index in [1.54, 1.807) is 0 Å². The van der Waals surface area contributed by atoms with Crippen LogP contribution in [0.2, 0.25) is 0 Å². The zero-order chi connectivity index (χ0) is 14.7. The molecule has 0 fully saturated rings. The highest BCUT2D eigenvalue weighted by Crippen LogP contribution is 2.32. The summed E-state index contributed by atoms with van der Waals surface area (Å²) in [5, 5.41) is 9.75. The molecule has 1 heterocycles. The number of rotatable bonds is 4. The third-order valence-electron chi connectivity index (χ3n) is 3.94. The predicted molar refractivity (Wildman–Crippen MR) is 82.1 cm³/mol. The fourth-order valence-electron chi connectivity index (χ4n) is 2.82. The average Bonchev–Trinajstić information content (AvgIpc) is 2.53. The molecule has 3 nitrogen and oxygen atoms in total. The van der Waals surface area contributed by atoms with Crippen molar-refractivity contribution in [3.8, 4) is 11.5 Å². The number of aryl methyl sites for hydroxylation is 1. The number of ether oxygens (including phenoxy) is 2. The van der Waals surface area contributed by atoms with Crippen molar-refractivity contribution in [2.24, 2.45) is 0 Å². The van der Waals surface area contributed by atoms with Crippen LogP contribution in [0.4, 0.5) is 0 Å². The summed E-state index contributed by atoms with van der Waals surface area (Å²) in [5.41, 5.74) is 3.57. The van der Waals surface area contributed by atoms with Gasteiger partial charge >= 0.3 is 0 Å². The fourth-order valence-corrected chi connectivity index (χ4v) is 2.82. The molecule has 0 saturated heterocycles. The number of benzene rings is 2. The Balaban J connectivity index is 1.83. The van der Waals surface area contributed by atoms with Crippen LogP contribution in [0.1, 0.15) is 22.6 Å². The van der Waals surface area contributed by atoms with Gasteiger partial charge in [-0.05, 0) is 42.2 Å². The van der Waals surface area contributed by atoms with E-state index in [9.17, 15) is 5.11 Å². The van der Waals surface area contributed by atoms with Crippen LogP contribution in [0.5, 0.6) is 11.5 Å². The van der Waals surface area contributed by atoms with Crippen LogP contribution in [0.3, 0.4) is 0 Å². The molecule has 2 aromatic carbocycles. The van der Waals surface area contributed by atoms with Gasteiger partial charge in [-0.2, -0.15) is 0 Å². The topological polar surface area (TPSA) is 38.7 Å². The van der Waals surface area contributed by atoms with Crippen molar-refractivity contribution < 1.29 is 14.6 Å². The molecule has 0 bridgehead atoms. The molecule has 0 spiro atoms. The lowest BCUT2D eigenvalue weighted by Crippen LogP contribution is -2.16. The first-order valence-corrected chi connectivity index (χ1v) is 7.33. The van der Waals surface area contributed by atoms with E-state index < -0.39 is 0 Å². The molecule has 3 heteroatoms. The van der Waals surface area contributed by atoms with Crippen LogP contribution in [0, 0.1) is 6.92 Å². The van der Waals surface area contributed by atoms with Gasteiger partial charge in [0, 0.05) is 5.92 Å². The highest BCUT2D eigenvalue weighted by atomic mass is 16.6. The van der Waals surface area contributed by atoms with E-state index in [4.69, 9.17) is 9.47 Å². The van der Waals surface area contributed by atoms with E-state index in [-0.39, 0.29) is 12.5 Å². The van der Waals surface area contributed by atoms with Gasteiger partial charge in [0.1, 0.15) is 13.2 Å². The summed E-state index contributed by atoms with van der Waals surface area (Å²) < 4.78 is 11.2. The molecule has 1 aliphatic rings. The zero-order valence-corrected chi connectivity index (χ0v) is 12.2. The monoisotopic (exact) mass is 284 g/mol. The second-order valence-corrected chi connectivity index (χ2v) is 5.42. The molecule has 2 aromatic rings. The van der Waals surface area contributed by atoms with Crippen LogP contribution in [-0.2, 0) is 6.42 Å². The van der Waals surface area contributed by atoms with Crippen LogP contribution >= 0.6 is 0 Å². The van der Waals surface area contributed by atoms with Gasteiger partial charge in [-0.1, -0.05) is 30.3 Å². The highest BCUT2D eigenvalue weighted by Gasteiger charge is 2.16. The normalized spacial score (nSPS) is 14.8. The molecular formula is C18H20O3. The molecule has 3 rings (SSSR count). The summed E-state index contributed by atoms with van der Waals surface area (Å²) in [6.45, 7) is 3.42. The first kappa shape index (κ1) is 14.0. The standard InChI is InChI=1S/C18H20O3/c1-13-4-2-3-5-16(13)15(12-19)10-14-6-7-17-18(11-14)21-9-8-20-17/h2-7,11,15,19H,8-10,12H2,1H3. The van der Waals surface area contributed by atoms with E-state index in [0.717, 1.165) is 23.5 Å². The maximum absolute atomic E-state index is 9.75. The molecule has 110 valence electrons. The molecule has 1 N–H and O–H groups in total. The second kappa shape index (κ2) is 6.19. The van der Waals surface area contributed by atoms with E-state index in [2.05, 4.69) is 25.1 Å². The van der Waals surface area contributed by atoms with Crippen molar-refractivity contribution in [3.63, 3.8) is 0 Å². The Morgan fingerprint density at radius 2 is 1.81 bits per heavy atom. The first-order chi connectivity index (χ1) is 10.3. The van der Waals surface area contributed by atoms with Gasteiger partial charge < -0.3 is 14.6 Å². The van der Waals surface area contributed by atoms with Crippen molar-refractivity contribution in [1.82, 2.24) is 0 Å². The van der Waals surface area contributed by atoms with Crippen molar-refractivity contribution in [2.45, 2.75) is 19.3 Å². The van der Waals surface area contributed by atoms with Crippen LogP contribution in [0.25, 0.3) is 0 Å². The second-order valence-electron chi connectivity index (χ2n) is 5.42. The quantitative estimate of drug-likeness (QED) is 0.937. The first-order valence-electron chi connectivity index (χ1n) is 7.33. The van der Waals surface area contributed by atoms with Gasteiger partial charge in [0.05, 0.1) is 6.61 Å². The number of hydrogen-bond donors (Lipinski definition) is 1. The van der Waals surface area contributed by atoms with Crippen LogP contribution in [-0.4, -0.2) is 24.9 Å². The molecule has 1 unspecified atom stereocenters. The van der Waals surface area contributed by atoms with Gasteiger partial charge in [0.15, 0.2) is 11.5 Å². The third kappa shape index (κ3) is 3.03. The molecule has 0 saturated carbocycles. The summed E-state index contributed by atoms with van der Waals surface area (Å²) in [5.74, 6) is 1.72. The maximum atomic E-state index is 9.75. The number of hydrogen-bond acceptors (Lipinski definition) is 3. The summed E-state index contributed by atoms with van der Waals surface area (Å²) in [6, 6.07) is 14.3. The molecule has 1 atom stereocenters. The van der Waals surface area contributed by atoms with Crippen LogP contribution < -0.4 is 9.47 Å². The Labute approximate surface area is 125 Å². The number of fused-ring (bicyclic) bond motifs is 1. The third-order valence-corrected chi connectivity index (χ3v) is 3.94. The lowest BCUT2D eigenvalue weighted by Gasteiger charge is -2.21. The van der Waals surface area contributed by atoms with Gasteiger partial charge in [-0.3, -0.25) is 0 Å². The minimum absolute atomic E-state index is 0.105. The summed E-state index contributed by atoms with van der Waals surface area (Å²) in [4.78, 5) is 0. The summed E-state index contributed by atoms with van der Waals surface area (Å²) in [7, 11) is 0. The minimum Gasteiger partial charge on any atom is -0.486 e. The highest BCUT2D eigenvalue weighted by molar-refractivity contribution is 5.44. The molecule has 0 aliphatic carbocycles. The van der Waals surface area contributed by atoms with Gasteiger partial charge in [-0.25, -0.2) is 0 Å². The summed E-state index contributed by atoms with van der Waals surface area (Å²) >= 11 is 0. The lowest BCUT2D eigenvalue weighted by atomic mass is 9.90. The van der Waals surface area contributed by atoms with Gasteiger partial charge in [0.2, 0.25) is 0 Å². The van der Waals surface area contributed by atoms with E-state index in [1.807, 2.05) is 24.3 Å². The molecule has 0 radical (unpaired) electrons.